The van der Waals surface area contributed by atoms with Gasteiger partial charge in [-0.2, -0.15) is 5.10 Å². The Morgan fingerprint density at radius 2 is 1.69 bits per heavy atom. The zero-order valence-electron chi connectivity index (χ0n) is 21.3. The fraction of sp³-hybridized carbons (Fsp3) is 0.679. The standard InChI is InChI=1S/C28H40N6S/c1-32-27-23(12-13-25(30-27)34-15-8-3-2-4-9-16-34)26(31-32)24-18-29-28(35-24)22-14-17-33(20-22)19-21-10-6-5-7-11-21/h12-13,18,21-22H,2-11,14-17,19-20H2,1H3. The SMILES string of the molecule is Cn1nc(-c2cnc(C3CCN(CC4CCCCC4)C3)s2)c2ccc(N3CCCCCCC3)nc21. The second kappa shape index (κ2) is 10.6. The molecule has 188 valence electrons. The highest BCUT2D eigenvalue weighted by Gasteiger charge is 2.29. The van der Waals surface area contributed by atoms with Crippen LogP contribution in [0.4, 0.5) is 5.82 Å². The minimum Gasteiger partial charge on any atom is -0.357 e. The lowest BCUT2D eigenvalue weighted by Gasteiger charge is -2.26. The number of aromatic nitrogens is 4. The van der Waals surface area contributed by atoms with Crippen LogP contribution >= 0.6 is 11.3 Å². The number of hydrogen-bond donors (Lipinski definition) is 0. The van der Waals surface area contributed by atoms with Gasteiger partial charge in [-0.15, -0.1) is 11.3 Å². The quantitative estimate of drug-likeness (QED) is 0.422. The Balaban J connectivity index is 1.17. The summed E-state index contributed by atoms with van der Waals surface area (Å²) in [6, 6.07) is 4.44. The molecular formula is C28H40N6S. The van der Waals surface area contributed by atoms with Crippen molar-refractivity contribution in [3.63, 3.8) is 0 Å². The first-order valence-corrected chi connectivity index (χ1v) is 14.8. The highest BCUT2D eigenvalue weighted by molar-refractivity contribution is 7.15. The van der Waals surface area contributed by atoms with Gasteiger partial charge in [-0.05, 0) is 56.7 Å². The fourth-order valence-electron chi connectivity index (χ4n) is 6.48. The van der Waals surface area contributed by atoms with Crippen molar-refractivity contribution >= 4 is 28.2 Å². The van der Waals surface area contributed by atoms with E-state index in [1.165, 1.54) is 100 Å². The Hall–Kier alpha value is -1.99. The second-order valence-electron chi connectivity index (χ2n) is 11.1. The molecule has 2 saturated heterocycles. The number of aryl methyl sites for hydroxylation is 1. The molecule has 1 saturated carbocycles. The molecule has 0 bridgehead atoms. The summed E-state index contributed by atoms with van der Waals surface area (Å²) >= 11 is 1.85. The first-order valence-electron chi connectivity index (χ1n) is 14.0. The zero-order chi connectivity index (χ0) is 23.6. The van der Waals surface area contributed by atoms with Gasteiger partial charge in [0.25, 0.3) is 0 Å². The molecule has 3 fully saturated rings. The van der Waals surface area contributed by atoms with Gasteiger partial charge in [-0.3, -0.25) is 0 Å². The average molecular weight is 493 g/mol. The van der Waals surface area contributed by atoms with Crippen LogP contribution in [0.2, 0.25) is 0 Å². The van der Waals surface area contributed by atoms with Crippen LogP contribution in [-0.2, 0) is 7.05 Å². The summed E-state index contributed by atoms with van der Waals surface area (Å²) in [6.07, 6.45) is 17.0. The molecule has 1 atom stereocenters. The van der Waals surface area contributed by atoms with Crippen molar-refractivity contribution in [3.05, 3.63) is 23.3 Å². The maximum absolute atomic E-state index is 5.07. The number of rotatable bonds is 5. The molecule has 0 spiro atoms. The van der Waals surface area contributed by atoms with Crippen LogP contribution < -0.4 is 4.90 Å². The molecule has 0 amide bonds. The van der Waals surface area contributed by atoms with Crippen LogP contribution in [0.5, 0.6) is 0 Å². The summed E-state index contributed by atoms with van der Waals surface area (Å²) in [4.78, 5) is 16.3. The van der Waals surface area contributed by atoms with Gasteiger partial charge in [-0.25, -0.2) is 14.6 Å². The maximum atomic E-state index is 5.07. The lowest BCUT2D eigenvalue weighted by atomic mass is 9.89. The number of anilines is 1. The molecular weight excluding hydrogens is 452 g/mol. The van der Waals surface area contributed by atoms with Crippen molar-refractivity contribution in [3.8, 4) is 10.6 Å². The lowest BCUT2D eigenvalue weighted by Crippen LogP contribution is -2.28. The number of pyridine rings is 1. The summed E-state index contributed by atoms with van der Waals surface area (Å²) in [6.45, 7) is 5.92. The molecule has 2 aliphatic heterocycles. The number of nitrogens with zero attached hydrogens (tertiary/aromatic N) is 6. The molecule has 6 rings (SSSR count). The van der Waals surface area contributed by atoms with Crippen LogP contribution in [0.15, 0.2) is 18.3 Å². The number of thiazole rings is 1. The topological polar surface area (TPSA) is 50.1 Å². The molecule has 3 aromatic heterocycles. The van der Waals surface area contributed by atoms with E-state index in [9.17, 15) is 0 Å². The Bertz CT molecular complexity index is 1120. The second-order valence-corrected chi connectivity index (χ2v) is 12.1. The van der Waals surface area contributed by atoms with Crippen molar-refractivity contribution in [1.82, 2.24) is 24.6 Å². The average Bonchev–Trinajstić information content (AvgIpc) is 3.59. The van der Waals surface area contributed by atoms with Crippen molar-refractivity contribution in [2.24, 2.45) is 13.0 Å². The van der Waals surface area contributed by atoms with Crippen LogP contribution in [0.25, 0.3) is 21.6 Å². The maximum Gasteiger partial charge on any atom is 0.160 e. The van der Waals surface area contributed by atoms with Gasteiger partial charge < -0.3 is 9.80 Å². The van der Waals surface area contributed by atoms with E-state index in [0.29, 0.717) is 5.92 Å². The Labute approximate surface area is 213 Å². The molecule has 7 heteroatoms. The molecule has 1 aliphatic carbocycles. The van der Waals surface area contributed by atoms with E-state index in [4.69, 9.17) is 15.1 Å². The van der Waals surface area contributed by atoms with Gasteiger partial charge in [0.1, 0.15) is 11.5 Å². The van der Waals surface area contributed by atoms with E-state index in [-0.39, 0.29) is 0 Å². The molecule has 1 unspecified atom stereocenters. The third-order valence-electron chi connectivity index (χ3n) is 8.47. The summed E-state index contributed by atoms with van der Waals surface area (Å²) < 4.78 is 1.96. The molecule has 6 nitrogen and oxygen atoms in total. The first-order chi connectivity index (χ1) is 17.2. The van der Waals surface area contributed by atoms with Crippen molar-refractivity contribution in [2.45, 2.75) is 76.5 Å². The smallest absolute Gasteiger partial charge is 0.160 e. The van der Waals surface area contributed by atoms with Crippen LogP contribution in [0.1, 0.15) is 81.6 Å². The number of likely N-dealkylation sites (tertiary alicyclic amines) is 1. The summed E-state index contributed by atoms with van der Waals surface area (Å²) in [5.41, 5.74) is 2.02. The summed E-state index contributed by atoms with van der Waals surface area (Å²) in [5.74, 6) is 2.59. The van der Waals surface area contributed by atoms with E-state index >= 15 is 0 Å². The molecule has 0 N–H and O–H groups in total. The van der Waals surface area contributed by atoms with E-state index < -0.39 is 0 Å². The highest BCUT2D eigenvalue weighted by atomic mass is 32.1. The Kier molecular flexibility index (Phi) is 7.06. The minimum atomic E-state index is 0.573. The predicted octanol–water partition coefficient (Wildman–Crippen LogP) is 6.23. The summed E-state index contributed by atoms with van der Waals surface area (Å²) in [5, 5.41) is 7.34. The van der Waals surface area contributed by atoms with Gasteiger partial charge in [0.15, 0.2) is 5.65 Å². The van der Waals surface area contributed by atoms with Gasteiger partial charge in [-0.1, -0.05) is 38.5 Å². The molecule has 0 aromatic carbocycles. The molecule has 5 heterocycles. The number of fused-ring (bicyclic) bond motifs is 1. The van der Waals surface area contributed by atoms with Gasteiger partial charge in [0, 0.05) is 50.7 Å². The Morgan fingerprint density at radius 1 is 0.914 bits per heavy atom. The highest BCUT2D eigenvalue weighted by Crippen LogP contribution is 2.37. The lowest BCUT2D eigenvalue weighted by molar-refractivity contribution is 0.232. The summed E-state index contributed by atoms with van der Waals surface area (Å²) in [7, 11) is 2.03. The van der Waals surface area contributed by atoms with Crippen molar-refractivity contribution in [2.75, 3.05) is 37.6 Å². The fourth-order valence-corrected chi connectivity index (χ4v) is 7.52. The van der Waals surface area contributed by atoms with Crippen LogP contribution in [0, 0.1) is 5.92 Å². The predicted molar refractivity (Wildman–Crippen MR) is 145 cm³/mol. The third-order valence-corrected chi connectivity index (χ3v) is 9.64. The van der Waals surface area contributed by atoms with Crippen LogP contribution in [-0.4, -0.2) is 57.4 Å². The molecule has 3 aliphatic rings. The zero-order valence-corrected chi connectivity index (χ0v) is 22.1. The molecule has 35 heavy (non-hydrogen) atoms. The molecule has 0 radical (unpaired) electrons. The normalized spacial score (nSPS) is 23.1. The van der Waals surface area contributed by atoms with Crippen molar-refractivity contribution < 1.29 is 0 Å². The van der Waals surface area contributed by atoms with E-state index in [1.54, 1.807) is 0 Å². The van der Waals surface area contributed by atoms with Gasteiger partial charge in [0.05, 0.1) is 9.88 Å². The third kappa shape index (κ3) is 5.12. The van der Waals surface area contributed by atoms with Crippen molar-refractivity contribution in [1.29, 1.82) is 0 Å². The molecule has 3 aromatic rings. The van der Waals surface area contributed by atoms with E-state index in [0.717, 1.165) is 41.6 Å². The van der Waals surface area contributed by atoms with Crippen LogP contribution in [0.3, 0.4) is 0 Å². The van der Waals surface area contributed by atoms with E-state index in [1.807, 2.05) is 23.1 Å². The minimum absolute atomic E-state index is 0.573. The van der Waals surface area contributed by atoms with E-state index in [2.05, 4.69) is 28.1 Å². The largest absolute Gasteiger partial charge is 0.357 e. The number of hydrogen-bond acceptors (Lipinski definition) is 6. The Morgan fingerprint density at radius 3 is 2.51 bits per heavy atom. The monoisotopic (exact) mass is 492 g/mol. The first kappa shape index (κ1) is 23.4. The van der Waals surface area contributed by atoms with Gasteiger partial charge >= 0.3 is 0 Å². The van der Waals surface area contributed by atoms with Gasteiger partial charge in [0.2, 0.25) is 0 Å².